The summed E-state index contributed by atoms with van der Waals surface area (Å²) in [6.45, 7) is 0.447. The van der Waals surface area contributed by atoms with E-state index in [9.17, 15) is 19.2 Å². The number of piperidine rings is 1. The van der Waals surface area contributed by atoms with Crippen LogP contribution in [0.5, 0.6) is 0 Å². The molecule has 6 rings (SSSR count). The molecule has 37 heavy (non-hydrogen) atoms. The Morgan fingerprint density at radius 1 is 0.757 bits per heavy atom. The normalized spacial score (nSPS) is 18.3. The predicted octanol–water partition coefficient (Wildman–Crippen LogP) is 4.54. The molecular formula is C29H24N2O6. The number of carbonyl (C=O) groups excluding carboxylic acids is 4. The van der Waals surface area contributed by atoms with E-state index < -0.39 is 29.9 Å². The largest absolute Gasteiger partial charge is 0.448 e. The summed E-state index contributed by atoms with van der Waals surface area (Å²) < 4.78 is 5.75. The van der Waals surface area contributed by atoms with Gasteiger partial charge < -0.3 is 9.57 Å². The average molecular weight is 497 g/mol. The SMILES string of the molecule is O=C(ON1C(=O)c2ccccc2C1=O)[C@@H]1CCCCN1C(=O)OCC1c2ccccc2-c2ccccc21. The summed E-state index contributed by atoms with van der Waals surface area (Å²) in [6, 6.07) is 21.4. The molecule has 8 heteroatoms. The molecule has 0 saturated carbocycles. The third-order valence-corrected chi connectivity index (χ3v) is 7.28. The quantitative estimate of drug-likeness (QED) is 0.492. The van der Waals surface area contributed by atoms with Crippen molar-refractivity contribution in [2.45, 2.75) is 31.2 Å². The number of rotatable bonds is 4. The minimum atomic E-state index is -0.950. The fourth-order valence-corrected chi connectivity index (χ4v) is 5.47. The van der Waals surface area contributed by atoms with Crippen molar-refractivity contribution in [3.63, 3.8) is 0 Å². The number of ether oxygens (including phenoxy) is 1. The predicted molar refractivity (Wildman–Crippen MR) is 132 cm³/mol. The molecular weight excluding hydrogens is 472 g/mol. The van der Waals surface area contributed by atoms with E-state index in [1.807, 2.05) is 36.4 Å². The van der Waals surface area contributed by atoms with E-state index in [1.54, 1.807) is 12.1 Å². The van der Waals surface area contributed by atoms with E-state index in [0.717, 1.165) is 22.3 Å². The molecule has 8 nitrogen and oxygen atoms in total. The van der Waals surface area contributed by atoms with E-state index in [1.165, 1.54) is 17.0 Å². The highest BCUT2D eigenvalue weighted by Gasteiger charge is 2.42. The first kappa shape index (κ1) is 23.0. The van der Waals surface area contributed by atoms with Crippen LogP contribution in [0.1, 0.15) is 57.0 Å². The zero-order valence-electron chi connectivity index (χ0n) is 20.0. The molecule has 1 aliphatic carbocycles. The second-order valence-electron chi connectivity index (χ2n) is 9.37. The molecule has 2 heterocycles. The van der Waals surface area contributed by atoms with E-state index in [4.69, 9.17) is 9.57 Å². The van der Waals surface area contributed by atoms with Gasteiger partial charge in [0.15, 0.2) is 0 Å². The fourth-order valence-electron chi connectivity index (χ4n) is 5.47. The maximum atomic E-state index is 13.2. The van der Waals surface area contributed by atoms with Crippen LogP contribution in [0.25, 0.3) is 11.1 Å². The lowest BCUT2D eigenvalue weighted by Crippen LogP contribution is -2.50. The van der Waals surface area contributed by atoms with Crippen molar-refractivity contribution in [1.82, 2.24) is 9.96 Å². The summed E-state index contributed by atoms with van der Waals surface area (Å²) in [4.78, 5) is 58.1. The summed E-state index contributed by atoms with van der Waals surface area (Å²) >= 11 is 0. The molecule has 0 aromatic heterocycles. The van der Waals surface area contributed by atoms with Gasteiger partial charge in [-0.2, -0.15) is 0 Å². The third kappa shape index (κ3) is 3.85. The van der Waals surface area contributed by atoms with Gasteiger partial charge in [-0.1, -0.05) is 65.7 Å². The minimum absolute atomic E-state index is 0.107. The highest BCUT2D eigenvalue weighted by atomic mass is 16.7. The average Bonchev–Trinajstić information content (AvgIpc) is 3.39. The Morgan fingerprint density at radius 2 is 1.30 bits per heavy atom. The smallest absolute Gasteiger partial charge is 0.410 e. The van der Waals surface area contributed by atoms with E-state index in [0.29, 0.717) is 30.9 Å². The van der Waals surface area contributed by atoms with Gasteiger partial charge in [-0.25, -0.2) is 9.59 Å². The zero-order valence-corrected chi connectivity index (χ0v) is 20.0. The van der Waals surface area contributed by atoms with Crippen molar-refractivity contribution in [3.05, 3.63) is 95.1 Å². The van der Waals surface area contributed by atoms with Gasteiger partial charge in [0.1, 0.15) is 12.6 Å². The molecule has 3 aromatic rings. The Bertz CT molecular complexity index is 1350. The maximum absolute atomic E-state index is 13.2. The Balaban J connectivity index is 1.16. The summed E-state index contributed by atoms with van der Waals surface area (Å²) in [5, 5.41) is 0.484. The first-order valence-corrected chi connectivity index (χ1v) is 12.4. The van der Waals surface area contributed by atoms with Crippen LogP contribution < -0.4 is 0 Å². The minimum Gasteiger partial charge on any atom is -0.448 e. The summed E-state index contributed by atoms with van der Waals surface area (Å²) in [5.74, 6) is -2.33. The van der Waals surface area contributed by atoms with Crippen LogP contribution in [0.15, 0.2) is 72.8 Å². The van der Waals surface area contributed by atoms with Crippen LogP contribution in [0.2, 0.25) is 0 Å². The maximum Gasteiger partial charge on any atom is 0.410 e. The third-order valence-electron chi connectivity index (χ3n) is 7.28. The van der Waals surface area contributed by atoms with Crippen LogP contribution in [-0.2, 0) is 14.4 Å². The summed E-state index contributed by atoms with van der Waals surface area (Å²) in [7, 11) is 0. The van der Waals surface area contributed by atoms with Crippen LogP contribution in [0.3, 0.4) is 0 Å². The molecule has 2 aliphatic heterocycles. The standard InChI is InChI=1S/C29H24N2O6/c32-26-22-13-5-6-14-23(22)27(33)31(26)37-28(34)25-15-7-8-16-30(25)29(35)36-17-24-20-11-3-1-9-18(20)19-10-2-4-12-21(19)24/h1-6,9-14,24-25H,7-8,15-17H2/t25-/m0/s1. The van der Waals surface area contributed by atoms with Crippen LogP contribution >= 0.6 is 0 Å². The monoisotopic (exact) mass is 496 g/mol. The topological polar surface area (TPSA) is 93.2 Å². The second-order valence-corrected chi connectivity index (χ2v) is 9.37. The molecule has 3 aliphatic rings. The van der Waals surface area contributed by atoms with Gasteiger partial charge in [0.05, 0.1) is 11.1 Å². The lowest BCUT2D eigenvalue weighted by atomic mass is 9.98. The molecule has 186 valence electrons. The Labute approximate surface area is 213 Å². The number of hydrogen-bond donors (Lipinski definition) is 0. The molecule has 0 bridgehead atoms. The van der Waals surface area contributed by atoms with E-state index in [-0.39, 0.29) is 23.7 Å². The van der Waals surface area contributed by atoms with E-state index >= 15 is 0 Å². The number of likely N-dealkylation sites (tertiary alicyclic amines) is 1. The summed E-state index contributed by atoms with van der Waals surface area (Å²) in [6.07, 6.45) is 1.15. The van der Waals surface area contributed by atoms with Gasteiger partial charge in [-0.05, 0) is 53.6 Å². The molecule has 3 amide bonds. The molecule has 1 saturated heterocycles. The highest BCUT2D eigenvalue weighted by molar-refractivity contribution is 6.21. The van der Waals surface area contributed by atoms with Gasteiger partial charge in [-0.3, -0.25) is 14.5 Å². The fraction of sp³-hybridized carbons (Fsp3) is 0.241. The summed E-state index contributed by atoms with van der Waals surface area (Å²) in [5.41, 5.74) is 4.79. The lowest BCUT2D eigenvalue weighted by molar-refractivity contribution is -0.175. The molecule has 1 atom stereocenters. The number of imide groups is 1. The van der Waals surface area contributed by atoms with Crippen molar-refractivity contribution < 1.29 is 28.8 Å². The van der Waals surface area contributed by atoms with Gasteiger partial charge in [0.25, 0.3) is 11.8 Å². The molecule has 0 spiro atoms. The van der Waals surface area contributed by atoms with E-state index in [2.05, 4.69) is 12.1 Å². The molecule has 0 radical (unpaired) electrons. The van der Waals surface area contributed by atoms with Gasteiger partial charge in [0.2, 0.25) is 0 Å². The van der Waals surface area contributed by atoms with Crippen molar-refractivity contribution in [3.8, 4) is 11.1 Å². The number of hydrogen-bond acceptors (Lipinski definition) is 6. The van der Waals surface area contributed by atoms with Crippen LogP contribution in [-0.4, -0.2) is 53.0 Å². The second kappa shape index (κ2) is 9.20. The molecule has 1 fully saturated rings. The van der Waals surface area contributed by atoms with Crippen molar-refractivity contribution in [1.29, 1.82) is 0 Å². The first-order chi connectivity index (χ1) is 18.0. The van der Waals surface area contributed by atoms with Gasteiger partial charge >= 0.3 is 12.1 Å². The lowest BCUT2D eigenvalue weighted by Gasteiger charge is -2.33. The highest BCUT2D eigenvalue weighted by Crippen LogP contribution is 2.44. The number of amides is 3. The molecule has 3 aromatic carbocycles. The van der Waals surface area contributed by atoms with Crippen molar-refractivity contribution in [2.24, 2.45) is 0 Å². The number of nitrogens with zero attached hydrogens (tertiary/aromatic N) is 2. The van der Waals surface area contributed by atoms with Crippen LogP contribution in [0.4, 0.5) is 4.79 Å². The zero-order chi connectivity index (χ0) is 25.5. The number of hydroxylamine groups is 2. The number of fused-ring (bicyclic) bond motifs is 4. The van der Waals surface area contributed by atoms with Gasteiger partial charge in [-0.15, -0.1) is 0 Å². The van der Waals surface area contributed by atoms with Crippen LogP contribution in [0, 0.1) is 0 Å². The van der Waals surface area contributed by atoms with Gasteiger partial charge in [0, 0.05) is 12.5 Å². The Hall–Kier alpha value is -4.46. The Morgan fingerprint density at radius 3 is 1.89 bits per heavy atom. The van der Waals surface area contributed by atoms with Crippen molar-refractivity contribution in [2.75, 3.05) is 13.2 Å². The number of carbonyl (C=O) groups is 4. The first-order valence-electron chi connectivity index (χ1n) is 12.4. The van der Waals surface area contributed by atoms with Crippen molar-refractivity contribution >= 4 is 23.9 Å². The number of benzene rings is 3. The molecule has 0 N–H and O–H groups in total. The molecule has 0 unspecified atom stereocenters. The Kier molecular flexibility index (Phi) is 5.71.